The lowest BCUT2D eigenvalue weighted by atomic mass is 10.1. The van der Waals surface area contributed by atoms with Crippen LogP contribution in [0.3, 0.4) is 0 Å². The largest absolute Gasteiger partial charge is 0.288 e. The molecule has 0 aliphatic heterocycles. The van der Waals surface area contributed by atoms with Gasteiger partial charge < -0.3 is 0 Å². The molecule has 6 heteroatoms. The van der Waals surface area contributed by atoms with Gasteiger partial charge in [-0.15, -0.1) is 0 Å². The average Bonchev–Trinajstić information content (AvgIpc) is 2.38. The van der Waals surface area contributed by atoms with Crippen molar-refractivity contribution in [3.05, 3.63) is 56.7 Å². The van der Waals surface area contributed by atoms with Crippen molar-refractivity contribution in [3.8, 4) is 17.3 Å². The fourth-order valence-corrected chi connectivity index (χ4v) is 2.01. The zero-order chi connectivity index (χ0) is 13.1. The van der Waals surface area contributed by atoms with E-state index in [2.05, 4.69) is 20.9 Å². The zero-order valence-electron chi connectivity index (χ0n) is 9.00. The minimum absolute atomic E-state index is 0.0701. The SMILES string of the molecule is N#Cc1ccc(-c2ncc([N+](=O)[O-])cc2Br)cc1. The minimum Gasteiger partial charge on any atom is -0.258 e. The van der Waals surface area contributed by atoms with Crippen LogP contribution in [0, 0.1) is 21.4 Å². The van der Waals surface area contributed by atoms with E-state index in [4.69, 9.17) is 5.26 Å². The molecule has 0 spiro atoms. The summed E-state index contributed by atoms with van der Waals surface area (Å²) in [6.07, 6.45) is 1.21. The molecule has 2 rings (SSSR count). The van der Waals surface area contributed by atoms with Crippen LogP contribution >= 0.6 is 15.9 Å². The van der Waals surface area contributed by atoms with Crippen molar-refractivity contribution in [2.45, 2.75) is 0 Å². The fourth-order valence-electron chi connectivity index (χ4n) is 1.44. The molecule has 0 bridgehead atoms. The summed E-state index contributed by atoms with van der Waals surface area (Å²) in [7, 11) is 0. The predicted octanol–water partition coefficient (Wildman–Crippen LogP) is 3.29. The first-order valence-electron chi connectivity index (χ1n) is 4.92. The number of pyridine rings is 1. The smallest absolute Gasteiger partial charge is 0.258 e. The zero-order valence-corrected chi connectivity index (χ0v) is 10.6. The number of nitrogens with zero attached hydrogens (tertiary/aromatic N) is 3. The molecular weight excluding hydrogens is 298 g/mol. The summed E-state index contributed by atoms with van der Waals surface area (Å²) in [4.78, 5) is 14.1. The van der Waals surface area contributed by atoms with Gasteiger partial charge in [0.25, 0.3) is 5.69 Å². The fraction of sp³-hybridized carbons (Fsp3) is 0. The number of rotatable bonds is 2. The van der Waals surface area contributed by atoms with E-state index in [9.17, 15) is 10.1 Å². The van der Waals surface area contributed by atoms with E-state index in [0.29, 0.717) is 15.7 Å². The third kappa shape index (κ3) is 2.36. The number of benzene rings is 1. The van der Waals surface area contributed by atoms with Gasteiger partial charge in [0.05, 0.1) is 26.7 Å². The van der Waals surface area contributed by atoms with Gasteiger partial charge in [0, 0.05) is 11.6 Å². The van der Waals surface area contributed by atoms with Gasteiger partial charge in [0.1, 0.15) is 6.20 Å². The van der Waals surface area contributed by atoms with Gasteiger partial charge in [-0.05, 0) is 28.1 Å². The normalized spacial score (nSPS) is 9.78. The maximum atomic E-state index is 10.6. The number of aromatic nitrogens is 1. The lowest BCUT2D eigenvalue weighted by molar-refractivity contribution is -0.385. The topological polar surface area (TPSA) is 79.8 Å². The van der Waals surface area contributed by atoms with Crippen molar-refractivity contribution in [2.75, 3.05) is 0 Å². The second-order valence-corrected chi connectivity index (χ2v) is 4.32. The summed E-state index contributed by atoms with van der Waals surface area (Å²) >= 11 is 3.26. The Kier molecular flexibility index (Phi) is 3.35. The Bertz CT molecular complexity index is 647. The molecule has 0 saturated heterocycles. The van der Waals surface area contributed by atoms with E-state index in [1.165, 1.54) is 12.3 Å². The maximum Gasteiger partial charge on any atom is 0.288 e. The van der Waals surface area contributed by atoms with Gasteiger partial charge in [0.2, 0.25) is 0 Å². The number of halogens is 1. The second-order valence-electron chi connectivity index (χ2n) is 3.47. The lowest BCUT2D eigenvalue weighted by Gasteiger charge is -2.03. The summed E-state index contributed by atoms with van der Waals surface area (Å²) in [5.41, 5.74) is 1.87. The Hall–Kier alpha value is -2.26. The first kappa shape index (κ1) is 12.2. The minimum atomic E-state index is -0.500. The van der Waals surface area contributed by atoms with Gasteiger partial charge in [-0.3, -0.25) is 10.1 Å². The van der Waals surface area contributed by atoms with Crippen LogP contribution in [0.25, 0.3) is 11.3 Å². The first-order chi connectivity index (χ1) is 8.61. The van der Waals surface area contributed by atoms with Gasteiger partial charge >= 0.3 is 0 Å². The van der Waals surface area contributed by atoms with Crippen LogP contribution in [-0.4, -0.2) is 9.91 Å². The highest BCUT2D eigenvalue weighted by atomic mass is 79.9. The number of nitriles is 1. The third-order valence-corrected chi connectivity index (χ3v) is 2.93. The molecule has 5 nitrogen and oxygen atoms in total. The van der Waals surface area contributed by atoms with Crippen molar-refractivity contribution in [1.29, 1.82) is 5.26 Å². The Labute approximate surface area is 111 Å². The Balaban J connectivity index is 2.45. The predicted molar refractivity (Wildman–Crippen MR) is 68.7 cm³/mol. The highest BCUT2D eigenvalue weighted by molar-refractivity contribution is 9.10. The van der Waals surface area contributed by atoms with E-state index in [-0.39, 0.29) is 5.69 Å². The van der Waals surface area contributed by atoms with Gasteiger partial charge in [-0.1, -0.05) is 12.1 Å². The molecule has 0 N–H and O–H groups in total. The Morgan fingerprint density at radius 2 is 2.00 bits per heavy atom. The molecular formula is C12H6BrN3O2. The van der Waals surface area contributed by atoms with Crippen LogP contribution in [0.1, 0.15) is 5.56 Å². The molecule has 1 aromatic carbocycles. The maximum absolute atomic E-state index is 10.6. The molecule has 88 valence electrons. The second kappa shape index (κ2) is 4.94. The van der Waals surface area contributed by atoms with Crippen LogP contribution in [0.15, 0.2) is 41.0 Å². The van der Waals surface area contributed by atoms with Crippen molar-refractivity contribution in [2.24, 2.45) is 0 Å². The molecule has 18 heavy (non-hydrogen) atoms. The highest BCUT2D eigenvalue weighted by Gasteiger charge is 2.11. The van der Waals surface area contributed by atoms with Gasteiger partial charge in [-0.25, -0.2) is 4.98 Å². The number of hydrogen-bond acceptors (Lipinski definition) is 4. The highest BCUT2D eigenvalue weighted by Crippen LogP contribution is 2.29. The summed E-state index contributed by atoms with van der Waals surface area (Å²) in [6, 6.07) is 10.3. The molecule has 0 atom stereocenters. The molecule has 0 aliphatic rings. The van der Waals surface area contributed by atoms with E-state index >= 15 is 0 Å². The first-order valence-corrected chi connectivity index (χ1v) is 5.71. The number of hydrogen-bond donors (Lipinski definition) is 0. The molecule has 0 radical (unpaired) electrons. The molecule has 0 saturated carbocycles. The molecule has 0 fully saturated rings. The van der Waals surface area contributed by atoms with Crippen molar-refractivity contribution in [3.63, 3.8) is 0 Å². The molecule has 2 aromatic rings. The molecule has 1 aromatic heterocycles. The molecule has 0 amide bonds. The van der Waals surface area contributed by atoms with Crippen molar-refractivity contribution < 1.29 is 4.92 Å². The molecule has 0 aliphatic carbocycles. The van der Waals surface area contributed by atoms with Crippen LogP contribution in [0.2, 0.25) is 0 Å². The summed E-state index contributed by atoms with van der Waals surface area (Å²) < 4.78 is 0.543. The van der Waals surface area contributed by atoms with E-state index in [1.54, 1.807) is 24.3 Å². The van der Waals surface area contributed by atoms with Crippen LogP contribution in [0.5, 0.6) is 0 Å². The van der Waals surface area contributed by atoms with Crippen molar-refractivity contribution >= 4 is 21.6 Å². The summed E-state index contributed by atoms with van der Waals surface area (Å²) in [5, 5.41) is 19.3. The summed E-state index contributed by atoms with van der Waals surface area (Å²) in [6.45, 7) is 0. The quantitative estimate of drug-likeness (QED) is 0.630. The average molecular weight is 304 g/mol. The van der Waals surface area contributed by atoms with Gasteiger partial charge in [0.15, 0.2) is 0 Å². The summed E-state index contributed by atoms with van der Waals surface area (Å²) in [5.74, 6) is 0. The van der Waals surface area contributed by atoms with Gasteiger partial charge in [-0.2, -0.15) is 5.26 Å². The van der Waals surface area contributed by atoms with Crippen LogP contribution in [0.4, 0.5) is 5.69 Å². The molecule has 0 unspecified atom stereocenters. The van der Waals surface area contributed by atoms with E-state index in [0.717, 1.165) is 5.56 Å². The third-order valence-electron chi connectivity index (χ3n) is 2.33. The number of nitro groups is 1. The Morgan fingerprint density at radius 1 is 1.33 bits per heavy atom. The van der Waals surface area contributed by atoms with E-state index < -0.39 is 4.92 Å². The van der Waals surface area contributed by atoms with Crippen molar-refractivity contribution in [1.82, 2.24) is 4.98 Å². The van der Waals surface area contributed by atoms with E-state index in [1.807, 2.05) is 6.07 Å². The standard InChI is InChI=1S/C12H6BrN3O2/c13-11-5-10(16(17)18)7-15-12(11)9-3-1-8(6-14)2-4-9/h1-5,7H. The van der Waals surface area contributed by atoms with Crippen LogP contribution in [-0.2, 0) is 0 Å². The molecule has 1 heterocycles. The monoisotopic (exact) mass is 303 g/mol. The Morgan fingerprint density at radius 3 is 2.50 bits per heavy atom. The van der Waals surface area contributed by atoms with Crippen LogP contribution < -0.4 is 0 Å². The lowest BCUT2D eigenvalue weighted by Crippen LogP contribution is -1.92.